The van der Waals surface area contributed by atoms with E-state index in [-0.39, 0.29) is 19.5 Å². The molecule has 4 nitrogen and oxygen atoms in total. The van der Waals surface area contributed by atoms with Crippen LogP contribution in [0.4, 0.5) is 43.9 Å². The van der Waals surface area contributed by atoms with Gasteiger partial charge in [0.15, 0.2) is 0 Å². The average molecular weight is 391 g/mol. The van der Waals surface area contributed by atoms with Crippen LogP contribution in [-0.2, 0) is 29.1 Å². The Morgan fingerprint density at radius 3 is 0.714 bits per heavy atom. The second kappa shape index (κ2) is 7.23. The van der Waals surface area contributed by atoms with E-state index in [9.17, 15) is 43.9 Å². The van der Waals surface area contributed by atoms with Crippen LogP contribution in [0.15, 0.2) is 0 Å². The molecule has 0 aliphatic rings. The Morgan fingerprint density at radius 1 is 0.571 bits per heavy atom. The fourth-order valence-electron chi connectivity index (χ4n) is 0.231. The maximum atomic E-state index is 11.3. The summed E-state index contributed by atoms with van der Waals surface area (Å²) in [6, 6.07) is 0. The molecule has 120 valence electrons. The third kappa shape index (κ3) is 6.44. The second-order valence-electron chi connectivity index (χ2n) is 2.72. The van der Waals surface area contributed by atoms with Crippen LogP contribution in [0.1, 0.15) is 0 Å². The van der Waals surface area contributed by atoms with Crippen molar-refractivity contribution >= 4 is 11.9 Å². The summed E-state index contributed by atoms with van der Waals surface area (Å²) in [5.74, 6) is -18.4. The zero-order valence-electron chi connectivity index (χ0n) is 9.12. The average Bonchev–Trinajstić information content (AvgIpc) is 2.14. The first-order chi connectivity index (χ1) is 8.39. The van der Waals surface area contributed by atoms with Crippen molar-refractivity contribution in [1.82, 2.24) is 0 Å². The smallest absolute Gasteiger partial charge is 0.544 e. The van der Waals surface area contributed by atoms with Crippen molar-refractivity contribution in [3.8, 4) is 0 Å². The molecule has 0 N–H and O–H groups in total. The molecule has 0 saturated carbocycles. The van der Waals surface area contributed by atoms with E-state index in [0.717, 1.165) is 0 Å². The minimum absolute atomic E-state index is 0. The second-order valence-corrected chi connectivity index (χ2v) is 2.72. The van der Waals surface area contributed by atoms with Gasteiger partial charge >= 0.3 is 43.7 Å². The molecule has 0 radical (unpaired) electrons. The molecule has 0 amide bonds. The fraction of sp³-hybridized carbons (Fsp3) is 0.667. The van der Waals surface area contributed by atoms with Crippen molar-refractivity contribution in [1.29, 1.82) is 0 Å². The first-order valence-electron chi connectivity index (χ1n) is 3.71. The Labute approximate surface area is 120 Å². The number of carboxylic acid groups (broad SMARTS) is 2. The molecule has 0 bridgehead atoms. The summed E-state index contributed by atoms with van der Waals surface area (Å²) in [4.78, 5) is 18.2. The van der Waals surface area contributed by atoms with Gasteiger partial charge in [0.25, 0.3) is 0 Å². The molecule has 0 heterocycles. The van der Waals surface area contributed by atoms with E-state index >= 15 is 0 Å². The number of carbonyl (C=O) groups excluding carboxylic acids is 2. The molecule has 21 heavy (non-hydrogen) atoms. The zero-order chi connectivity index (χ0) is 17.2. The molecule has 0 saturated heterocycles. The number of rotatable bonds is 2. The van der Waals surface area contributed by atoms with Crippen molar-refractivity contribution in [3.63, 3.8) is 0 Å². The number of hydrogen-bond acceptors (Lipinski definition) is 4. The van der Waals surface area contributed by atoms with E-state index < -0.39 is 36.1 Å². The Bertz CT molecular complexity index is 337. The van der Waals surface area contributed by atoms with Crippen LogP contribution in [0.3, 0.4) is 0 Å². The van der Waals surface area contributed by atoms with Crippen molar-refractivity contribution < 1.29 is 83.2 Å². The Kier molecular flexibility index (Phi) is 8.55. The summed E-state index contributed by atoms with van der Waals surface area (Å²) >= 11 is 0. The maximum absolute atomic E-state index is 11.3. The monoisotopic (exact) mass is 390 g/mol. The standard InChI is InChI=1S/2C3HF5O2.Zn/c2*4-2(5,1(9)10)3(6,7)8;/h2*(H,9,10);/q;;+2/p-2. The first kappa shape index (κ1) is 24.9. The van der Waals surface area contributed by atoms with Gasteiger partial charge in [-0.1, -0.05) is 0 Å². The first-order valence-corrected chi connectivity index (χ1v) is 3.71. The van der Waals surface area contributed by atoms with E-state index in [2.05, 4.69) is 0 Å². The van der Waals surface area contributed by atoms with Crippen LogP contribution in [0.5, 0.6) is 0 Å². The minimum atomic E-state index is -6.08. The van der Waals surface area contributed by atoms with Crippen LogP contribution >= 0.6 is 0 Å². The van der Waals surface area contributed by atoms with Crippen molar-refractivity contribution in [2.24, 2.45) is 0 Å². The fourth-order valence-corrected chi connectivity index (χ4v) is 0.231. The minimum Gasteiger partial charge on any atom is -0.544 e. The van der Waals surface area contributed by atoms with Crippen molar-refractivity contribution in [2.75, 3.05) is 0 Å². The predicted octanol–water partition coefficient (Wildman–Crippen LogP) is -0.135. The molecular formula is C6F10O4Zn. The van der Waals surface area contributed by atoms with Crippen LogP contribution in [0.25, 0.3) is 0 Å². The summed E-state index contributed by atoms with van der Waals surface area (Å²) in [6.07, 6.45) is -12.2. The molecule has 0 aromatic carbocycles. The summed E-state index contributed by atoms with van der Waals surface area (Å²) < 4.78 is 111. The molecule has 0 atom stereocenters. The molecule has 0 aliphatic carbocycles. The van der Waals surface area contributed by atoms with Gasteiger partial charge < -0.3 is 19.8 Å². The van der Waals surface area contributed by atoms with E-state index in [1.165, 1.54) is 0 Å². The summed E-state index contributed by atoms with van der Waals surface area (Å²) in [5.41, 5.74) is 0. The molecule has 0 fully saturated rings. The molecule has 0 unspecified atom stereocenters. The van der Waals surface area contributed by atoms with Gasteiger partial charge in [0.2, 0.25) is 0 Å². The number of carbonyl (C=O) groups is 2. The topological polar surface area (TPSA) is 80.3 Å². The van der Waals surface area contributed by atoms with Crippen LogP contribution < -0.4 is 10.2 Å². The number of hydrogen-bond donors (Lipinski definition) is 0. The molecule has 15 heteroatoms. The van der Waals surface area contributed by atoms with E-state index in [1.54, 1.807) is 0 Å². The van der Waals surface area contributed by atoms with Crippen LogP contribution in [0, 0.1) is 0 Å². The van der Waals surface area contributed by atoms with Crippen LogP contribution in [-0.4, -0.2) is 36.1 Å². The van der Waals surface area contributed by atoms with Crippen molar-refractivity contribution in [3.05, 3.63) is 0 Å². The molecular weight excluding hydrogens is 391 g/mol. The molecule has 0 spiro atoms. The van der Waals surface area contributed by atoms with Crippen molar-refractivity contribution in [2.45, 2.75) is 24.2 Å². The number of alkyl halides is 10. The quantitative estimate of drug-likeness (QED) is 0.485. The summed E-state index contributed by atoms with van der Waals surface area (Å²) in [5, 5.41) is 18.2. The molecule has 0 aliphatic heterocycles. The van der Waals surface area contributed by atoms with Crippen LogP contribution in [0.2, 0.25) is 0 Å². The largest absolute Gasteiger partial charge is 2.00 e. The van der Waals surface area contributed by atoms with Gasteiger partial charge in [-0.3, -0.25) is 0 Å². The maximum Gasteiger partial charge on any atom is 2.00 e. The molecule has 0 aromatic heterocycles. The van der Waals surface area contributed by atoms with Gasteiger partial charge in [0.1, 0.15) is 11.9 Å². The number of carboxylic acids is 2. The van der Waals surface area contributed by atoms with Gasteiger partial charge in [-0.05, 0) is 0 Å². The number of aliphatic carboxylic acids is 2. The number of halogens is 10. The summed E-state index contributed by atoms with van der Waals surface area (Å²) in [7, 11) is 0. The Morgan fingerprint density at radius 2 is 0.714 bits per heavy atom. The SMILES string of the molecule is O=C([O-])C(F)(F)C(F)(F)F.O=C([O-])C(F)(F)C(F)(F)F.[Zn+2]. The third-order valence-electron chi connectivity index (χ3n) is 1.22. The van der Waals surface area contributed by atoms with Gasteiger partial charge in [-0.15, -0.1) is 0 Å². The molecule has 0 aromatic rings. The normalized spacial score (nSPS) is 12.7. The third-order valence-corrected chi connectivity index (χ3v) is 1.22. The summed E-state index contributed by atoms with van der Waals surface area (Å²) in [6.45, 7) is 0. The Balaban J connectivity index is -0.000000295. The zero-order valence-corrected chi connectivity index (χ0v) is 12.1. The predicted molar refractivity (Wildman–Crippen MR) is 32.0 cm³/mol. The van der Waals surface area contributed by atoms with Gasteiger partial charge in [0, 0.05) is 0 Å². The van der Waals surface area contributed by atoms with Gasteiger partial charge in [-0.2, -0.15) is 43.9 Å². The van der Waals surface area contributed by atoms with Gasteiger partial charge in [0.05, 0.1) is 0 Å². The van der Waals surface area contributed by atoms with Gasteiger partial charge in [-0.25, -0.2) is 0 Å². The molecule has 0 rings (SSSR count). The van der Waals surface area contributed by atoms with E-state index in [1.807, 2.05) is 0 Å². The van der Waals surface area contributed by atoms with E-state index in [4.69, 9.17) is 19.8 Å². The Hall–Kier alpha value is -1.14. The van der Waals surface area contributed by atoms with E-state index in [0.29, 0.717) is 0 Å².